The highest BCUT2D eigenvalue weighted by molar-refractivity contribution is 7.47. The van der Waals surface area contributed by atoms with Gasteiger partial charge in [-0.1, -0.05) is 252 Å². The van der Waals surface area contributed by atoms with E-state index in [-0.39, 0.29) is 25.7 Å². The van der Waals surface area contributed by atoms with Crippen LogP contribution in [0.2, 0.25) is 0 Å². The summed E-state index contributed by atoms with van der Waals surface area (Å²) in [7, 11) is -9.86. The minimum Gasteiger partial charge on any atom is -0.462 e. The smallest absolute Gasteiger partial charge is 0.462 e. The van der Waals surface area contributed by atoms with E-state index in [0.717, 1.165) is 122 Å². The average Bonchev–Trinajstić information content (AvgIpc) is 3.42. The molecule has 0 amide bonds. The van der Waals surface area contributed by atoms with Gasteiger partial charge in [0.05, 0.1) is 26.4 Å². The average molecular weight is 1170 g/mol. The molecule has 79 heavy (non-hydrogen) atoms. The third kappa shape index (κ3) is 55.0. The summed E-state index contributed by atoms with van der Waals surface area (Å²) in [6, 6.07) is 0. The maximum absolute atomic E-state index is 12.9. The number of hydrogen-bond donors (Lipinski definition) is 3. The fraction of sp³-hybridized carbons (Fsp3) is 0.933. The highest BCUT2D eigenvalue weighted by Crippen LogP contribution is 2.45. The molecule has 19 heteroatoms. The van der Waals surface area contributed by atoms with Crippen LogP contribution >= 0.6 is 15.6 Å². The fourth-order valence-electron chi connectivity index (χ4n) is 8.93. The van der Waals surface area contributed by atoms with E-state index >= 15 is 0 Å². The zero-order valence-corrected chi connectivity index (χ0v) is 52.1. The van der Waals surface area contributed by atoms with E-state index in [4.69, 9.17) is 37.0 Å². The largest absolute Gasteiger partial charge is 0.472 e. The number of carbonyl (C=O) groups is 4. The van der Waals surface area contributed by atoms with Crippen LogP contribution in [0.5, 0.6) is 0 Å². The van der Waals surface area contributed by atoms with E-state index in [1.165, 1.54) is 103 Å². The van der Waals surface area contributed by atoms with Gasteiger partial charge in [0.1, 0.15) is 19.3 Å². The topological polar surface area (TPSA) is 237 Å². The second-order valence-electron chi connectivity index (χ2n) is 21.7. The molecule has 0 aliphatic carbocycles. The second kappa shape index (κ2) is 55.3. The second-order valence-corrected chi connectivity index (χ2v) is 24.6. The molecule has 0 radical (unpaired) electrons. The molecule has 0 saturated carbocycles. The molecule has 0 aromatic rings. The summed E-state index contributed by atoms with van der Waals surface area (Å²) in [6.07, 6.45) is 39.3. The standard InChI is InChI=1S/C60H116O17P2/c1-5-9-13-17-21-23-24-25-26-27-28-29-30-31-35-39-43-47-60(65)77-56(51-71-58(63)45-41-37-34-22-18-14-10-6-2)53-75-79(68,69)73-49-54(61)48-72-78(66,67)74-52-55(76-59(64)46-42-38-33-20-16-12-8-4)50-70-57(62)44-40-36-32-19-15-11-7-3/h54-56,61H,5-53H2,1-4H3,(H,66,67)(H,68,69)/t54-,55+,56+/m0/s1. The van der Waals surface area contributed by atoms with Crippen molar-refractivity contribution in [1.82, 2.24) is 0 Å². The Kier molecular flexibility index (Phi) is 53.9. The van der Waals surface area contributed by atoms with Gasteiger partial charge in [-0.25, -0.2) is 9.13 Å². The molecule has 0 rings (SSSR count). The van der Waals surface area contributed by atoms with Gasteiger partial charge in [0.25, 0.3) is 0 Å². The summed E-state index contributed by atoms with van der Waals surface area (Å²) in [5, 5.41) is 10.5. The van der Waals surface area contributed by atoms with Gasteiger partial charge in [0.15, 0.2) is 12.2 Å². The van der Waals surface area contributed by atoms with Gasteiger partial charge in [-0.05, 0) is 25.7 Å². The Balaban J connectivity index is 5.11. The van der Waals surface area contributed by atoms with Gasteiger partial charge >= 0.3 is 39.5 Å². The highest BCUT2D eigenvalue weighted by Gasteiger charge is 2.30. The van der Waals surface area contributed by atoms with Crippen LogP contribution in [0.4, 0.5) is 0 Å². The lowest BCUT2D eigenvalue weighted by Gasteiger charge is -2.21. The minimum atomic E-state index is -4.94. The van der Waals surface area contributed by atoms with Gasteiger partial charge in [-0.15, -0.1) is 0 Å². The predicted octanol–water partition coefficient (Wildman–Crippen LogP) is 16.4. The van der Waals surface area contributed by atoms with Crippen molar-refractivity contribution in [3.8, 4) is 0 Å². The third-order valence-corrected chi connectivity index (χ3v) is 15.8. The summed E-state index contributed by atoms with van der Waals surface area (Å²) in [4.78, 5) is 71.7. The van der Waals surface area contributed by atoms with Gasteiger partial charge in [-0.3, -0.25) is 37.3 Å². The minimum absolute atomic E-state index is 0.104. The molecule has 3 N–H and O–H groups in total. The first-order valence-electron chi connectivity index (χ1n) is 31.8. The summed E-state index contributed by atoms with van der Waals surface area (Å²) in [5.41, 5.74) is 0. The molecule has 468 valence electrons. The first kappa shape index (κ1) is 77.1. The van der Waals surface area contributed by atoms with Crippen molar-refractivity contribution in [2.45, 2.75) is 322 Å². The molecule has 0 bridgehead atoms. The normalized spacial score (nSPS) is 14.3. The monoisotopic (exact) mass is 1170 g/mol. The molecular weight excluding hydrogens is 1050 g/mol. The van der Waals surface area contributed by atoms with Crippen molar-refractivity contribution in [1.29, 1.82) is 0 Å². The van der Waals surface area contributed by atoms with E-state index in [2.05, 4.69) is 27.7 Å². The zero-order chi connectivity index (χ0) is 58.3. The van der Waals surface area contributed by atoms with Crippen LogP contribution in [0.15, 0.2) is 0 Å². The van der Waals surface area contributed by atoms with Crippen LogP contribution in [-0.2, 0) is 65.4 Å². The van der Waals surface area contributed by atoms with Gasteiger partial charge in [0.2, 0.25) is 0 Å². The maximum Gasteiger partial charge on any atom is 0.472 e. The Morgan fingerprint density at radius 2 is 0.506 bits per heavy atom. The molecule has 0 aliphatic rings. The van der Waals surface area contributed by atoms with Crippen molar-refractivity contribution >= 4 is 39.5 Å². The number of phosphoric acid groups is 2. The molecule has 0 saturated heterocycles. The fourth-order valence-corrected chi connectivity index (χ4v) is 10.5. The Bertz CT molecular complexity index is 1540. The molecule has 0 aromatic heterocycles. The first-order chi connectivity index (χ1) is 38.2. The Morgan fingerprint density at radius 3 is 0.747 bits per heavy atom. The van der Waals surface area contributed by atoms with E-state index in [1.807, 2.05) is 0 Å². The molecular formula is C60H116O17P2. The Hall–Kier alpha value is -1.94. The lowest BCUT2D eigenvalue weighted by Crippen LogP contribution is -2.30. The van der Waals surface area contributed by atoms with Crippen molar-refractivity contribution < 1.29 is 80.2 Å². The van der Waals surface area contributed by atoms with Crippen LogP contribution in [0, 0.1) is 0 Å². The summed E-state index contributed by atoms with van der Waals surface area (Å²) in [6.45, 7) is 4.76. The van der Waals surface area contributed by atoms with Crippen molar-refractivity contribution in [3.63, 3.8) is 0 Å². The maximum atomic E-state index is 12.9. The summed E-state index contributed by atoms with van der Waals surface area (Å²) in [5.74, 6) is -2.15. The van der Waals surface area contributed by atoms with E-state index in [0.29, 0.717) is 25.7 Å². The van der Waals surface area contributed by atoms with Crippen LogP contribution in [0.3, 0.4) is 0 Å². The highest BCUT2D eigenvalue weighted by atomic mass is 31.2. The number of aliphatic hydroxyl groups excluding tert-OH is 1. The number of hydrogen-bond acceptors (Lipinski definition) is 15. The number of esters is 4. The summed E-state index contributed by atoms with van der Waals surface area (Å²) >= 11 is 0. The van der Waals surface area contributed by atoms with Gasteiger partial charge < -0.3 is 33.8 Å². The molecule has 0 spiro atoms. The van der Waals surface area contributed by atoms with Crippen LogP contribution in [0.1, 0.15) is 304 Å². The van der Waals surface area contributed by atoms with E-state index in [9.17, 15) is 43.2 Å². The van der Waals surface area contributed by atoms with Crippen LogP contribution < -0.4 is 0 Å². The number of rotatable bonds is 61. The molecule has 2 unspecified atom stereocenters. The number of carbonyl (C=O) groups excluding carboxylic acids is 4. The number of ether oxygens (including phenoxy) is 4. The lowest BCUT2D eigenvalue weighted by molar-refractivity contribution is -0.161. The zero-order valence-electron chi connectivity index (χ0n) is 50.3. The van der Waals surface area contributed by atoms with Crippen molar-refractivity contribution in [2.24, 2.45) is 0 Å². The van der Waals surface area contributed by atoms with Gasteiger partial charge in [-0.2, -0.15) is 0 Å². The van der Waals surface area contributed by atoms with Gasteiger partial charge in [0, 0.05) is 25.7 Å². The lowest BCUT2D eigenvalue weighted by atomic mass is 10.0. The first-order valence-corrected chi connectivity index (χ1v) is 34.8. The van der Waals surface area contributed by atoms with Crippen molar-refractivity contribution in [2.75, 3.05) is 39.6 Å². The van der Waals surface area contributed by atoms with Crippen LogP contribution in [0.25, 0.3) is 0 Å². The predicted molar refractivity (Wildman–Crippen MR) is 312 cm³/mol. The molecule has 0 aromatic carbocycles. The molecule has 17 nitrogen and oxygen atoms in total. The van der Waals surface area contributed by atoms with E-state index < -0.39 is 97.5 Å². The SMILES string of the molecule is CCCCCCCCCCCCCCCCCCCC(=O)O[C@H](COC(=O)CCCCCCCCCC)COP(=O)(O)OC[C@@H](O)COP(=O)(O)OC[C@@H](COC(=O)CCCCCCCCC)OC(=O)CCCCCCCCC. The quantitative estimate of drug-likeness (QED) is 0.0222. The number of unbranched alkanes of at least 4 members (excludes halogenated alkanes) is 35. The summed E-state index contributed by atoms with van der Waals surface area (Å²) < 4.78 is 67.6. The Morgan fingerprint density at radius 1 is 0.304 bits per heavy atom. The van der Waals surface area contributed by atoms with Crippen LogP contribution in [-0.4, -0.2) is 96.7 Å². The number of phosphoric ester groups is 2. The van der Waals surface area contributed by atoms with E-state index in [1.54, 1.807) is 0 Å². The third-order valence-electron chi connectivity index (χ3n) is 13.9. The Labute approximate surface area is 479 Å². The van der Waals surface area contributed by atoms with Crippen molar-refractivity contribution in [3.05, 3.63) is 0 Å². The number of aliphatic hydroxyl groups is 1. The molecule has 0 aliphatic heterocycles. The molecule has 5 atom stereocenters. The molecule has 0 heterocycles. The molecule has 0 fully saturated rings.